The Balaban J connectivity index is 1.80. The standard InChI is InChI=1S/C14H30N2/c1-13(2)12-15-10-5-4-6-11-16(3)14-8-7-9-14/h13-15H,4-12H2,1-3H3. The summed E-state index contributed by atoms with van der Waals surface area (Å²) in [4.78, 5) is 2.56. The van der Waals surface area contributed by atoms with Crippen molar-refractivity contribution in [2.75, 3.05) is 26.7 Å². The minimum Gasteiger partial charge on any atom is -0.316 e. The normalized spacial score (nSPS) is 17.1. The van der Waals surface area contributed by atoms with Crippen molar-refractivity contribution in [2.24, 2.45) is 5.92 Å². The molecule has 1 saturated carbocycles. The maximum Gasteiger partial charge on any atom is 0.00922 e. The summed E-state index contributed by atoms with van der Waals surface area (Å²) in [6, 6.07) is 0.916. The van der Waals surface area contributed by atoms with Crippen LogP contribution in [-0.4, -0.2) is 37.6 Å². The molecule has 0 saturated heterocycles. The van der Waals surface area contributed by atoms with Crippen LogP contribution in [-0.2, 0) is 0 Å². The minimum atomic E-state index is 0.782. The maximum atomic E-state index is 3.50. The van der Waals surface area contributed by atoms with Gasteiger partial charge in [0.25, 0.3) is 0 Å². The first-order valence-corrected chi connectivity index (χ1v) is 7.11. The molecule has 0 amide bonds. The fourth-order valence-corrected chi connectivity index (χ4v) is 2.19. The summed E-state index contributed by atoms with van der Waals surface area (Å²) in [5.41, 5.74) is 0. The van der Waals surface area contributed by atoms with Crippen molar-refractivity contribution in [3.8, 4) is 0 Å². The largest absolute Gasteiger partial charge is 0.316 e. The van der Waals surface area contributed by atoms with E-state index in [-0.39, 0.29) is 0 Å². The highest BCUT2D eigenvalue weighted by Crippen LogP contribution is 2.23. The van der Waals surface area contributed by atoms with Crippen LogP contribution >= 0.6 is 0 Å². The van der Waals surface area contributed by atoms with Crippen LogP contribution in [0.2, 0.25) is 0 Å². The van der Waals surface area contributed by atoms with E-state index in [1.54, 1.807) is 0 Å². The molecule has 2 nitrogen and oxygen atoms in total. The molecular weight excluding hydrogens is 196 g/mol. The highest BCUT2D eigenvalue weighted by Gasteiger charge is 2.20. The van der Waals surface area contributed by atoms with Gasteiger partial charge in [0, 0.05) is 6.04 Å². The average molecular weight is 226 g/mol. The summed E-state index contributed by atoms with van der Waals surface area (Å²) in [5.74, 6) is 0.782. The van der Waals surface area contributed by atoms with Crippen molar-refractivity contribution in [1.82, 2.24) is 10.2 Å². The molecule has 0 bridgehead atoms. The van der Waals surface area contributed by atoms with Crippen LogP contribution in [0.1, 0.15) is 52.4 Å². The van der Waals surface area contributed by atoms with E-state index in [4.69, 9.17) is 0 Å². The molecule has 0 aromatic carbocycles. The van der Waals surface area contributed by atoms with Crippen molar-refractivity contribution in [3.63, 3.8) is 0 Å². The van der Waals surface area contributed by atoms with Crippen LogP contribution in [0.4, 0.5) is 0 Å². The van der Waals surface area contributed by atoms with Crippen LogP contribution in [0.3, 0.4) is 0 Å². The highest BCUT2D eigenvalue weighted by atomic mass is 15.1. The summed E-state index contributed by atoms with van der Waals surface area (Å²) in [5, 5.41) is 3.50. The number of nitrogens with one attached hydrogen (secondary N) is 1. The Morgan fingerprint density at radius 3 is 2.50 bits per heavy atom. The van der Waals surface area contributed by atoms with Crippen molar-refractivity contribution < 1.29 is 0 Å². The van der Waals surface area contributed by atoms with Gasteiger partial charge in [0.15, 0.2) is 0 Å². The van der Waals surface area contributed by atoms with Crippen molar-refractivity contribution in [2.45, 2.75) is 58.4 Å². The van der Waals surface area contributed by atoms with Crippen LogP contribution in [0.5, 0.6) is 0 Å². The molecule has 0 atom stereocenters. The number of unbranched alkanes of at least 4 members (excludes halogenated alkanes) is 2. The molecule has 1 rings (SSSR count). The highest BCUT2D eigenvalue weighted by molar-refractivity contribution is 4.77. The molecule has 1 aliphatic rings. The summed E-state index contributed by atoms with van der Waals surface area (Å²) in [6.07, 6.45) is 8.41. The van der Waals surface area contributed by atoms with E-state index in [1.165, 1.54) is 58.2 Å². The van der Waals surface area contributed by atoms with Crippen LogP contribution in [0.15, 0.2) is 0 Å². The second-order valence-electron chi connectivity index (χ2n) is 5.72. The molecule has 0 aromatic heterocycles. The lowest BCUT2D eigenvalue weighted by molar-refractivity contribution is 0.157. The van der Waals surface area contributed by atoms with Gasteiger partial charge in [-0.05, 0) is 58.3 Å². The topological polar surface area (TPSA) is 15.3 Å². The van der Waals surface area contributed by atoms with E-state index < -0.39 is 0 Å². The molecule has 16 heavy (non-hydrogen) atoms. The molecule has 0 heterocycles. The third-order valence-electron chi connectivity index (χ3n) is 3.62. The first kappa shape index (κ1) is 14.0. The SMILES string of the molecule is CC(C)CNCCCCCN(C)C1CCC1. The smallest absolute Gasteiger partial charge is 0.00922 e. The zero-order chi connectivity index (χ0) is 11.8. The van der Waals surface area contributed by atoms with Crippen LogP contribution < -0.4 is 5.32 Å². The Morgan fingerprint density at radius 1 is 1.19 bits per heavy atom. The molecule has 96 valence electrons. The summed E-state index contributed by atoms with van der Waals surface area (Å²) < 4.78 is 0. The Labute approximate surface area is 102 Å². The van der Waals surface area contributed by atoms with E-state index in [1.807, 2.05) is 0 Å². The van der Waals surface area contributed by atoms with Gasteiger partial charge in [0.05, 0.1) is 0 Å². The van der Waals surface area contributed by atoms with Gasteiger partial charge in [-0.2, -0.15) is 0 Å². The fourth-order valence-electron chi connectivity index (χ4n) is 2.19. The summed E-state index contributed by atoms with van der Waals surface area (Å²) >= 11 is 0. The second-order valence-corrected chi connectivity index (χ2v) is 5.72. The molecule has 1 fully saturated rings. The van der Waals surface area contributed by atoms with Gasteiger partial charge < -0.3 is 10.2 Å². The van der Waals surface area contributed by atoms with E-state index >= 15 is 0 Å². The second kappa shape index (κ2) is 8.08. The Hall–Kier alpha value is -0.0800. The van der Waals surface area contributed by atoms with Crippen molar-refractivity contribution >= 4 is 0 Å². The zero-order valence-electron chi connectivity index (χ0n) is 11.5. The first-order valence-electron chi connectivity index (χ1n) is 7.11. The van der Waals surface area contributed by atoms with Crippen LogP contribution in [0, 0.1) is 5.92 Å². The molecule has 1 N–H and O–H groups in total. The Morgan fingerprint density at radius 2 is 1.94 bits per heavy atom. The van der Waals surface area contributed by atoms with Gasteiger partial charge in [-0.25, -0.2) is 0 Å². The fraction of sp³-hybridized carbons (Fsp3) is 1.00. The minimum absolute atomic E-state index is 0.782. The number of hydrogen-bond acceptors (Lipinski definition) is 2. The van der Waals surface area contributed by atoms with Gasteiger partial charge >= 0.3 is 0 Å². The molecule has 0 radical (unpaired) electrons. The quantitative estimate of drug-likeness (QED) is 0.608. The maximum absolute atomic E-state index is 3.50. The van der Waals surface area contributed by atoms with Gasteiger partial charge in [0.1, 0.15) is 0 Å². The lowest BCUT2D eigenvalue weighted by Crippen LogP contribution is -2.37. The Kier molecular flexibility index (Phi) is 7.06. The lowest BCUT2D eigenvalue weighted by atomic mass is 9.92. The van der Waals surface area contributed by atoms with E-state index in [0.29, 0.717) is 0 Å². The zero-order valence-corrected chi connectivity index (χ0v) is 11.5. The summed E-state index contributed by atoms with van der Waals surface area (Å²) in [6.45, 7) is 8.20. The number of nitrogens with zero attached hydrogens (tertiary/aromatic N) is 1. The van der Waals surface area contributed by atoms with Crippen LogP contribution in [0.25, 0.3) is 0 Å². The lowest BCUT2D eigenvalue weighted by Gasteiger charge is -2.34. The predicted octanol–water partition coefficient (Wildman–Crippen LogP) is 2.89. The van der Waals surface area contributed by atoms with E-state index in [2.05, 4.69) is 31.1 Å². The molecule has 0 unspecified atom stereocenters. The predicted molar refractivity (Wildman–Crippen MR) is 71.8 cm³/mol. The third kappa shape index (κ3) is 5.86. The molecule has 0 spiro atoms. The summed E-state index contributed by atoms with van der Waals surface area (Å²) in [7, 11) is 2.29. The van der Waals surface area contributed by atoms with Gasteiger partial charge in [-0.3, -0.25) is 0 Å². The van der Waals surface area contributed by atoms with Gasteiger partial charge in [-0.15, -0.1) is 0 Å². The van der Waals surface area contributed by atoms with E-state index in [0.717, 1.165) is 12.0 Å². The first-order chi connectivity index (χ1) is 7.70. The van der Waals surface area contributed by atoms with Crippen molar-refractivity contribution in [1.29, 1.82) is 0 Å². The molecule has 2 heteroatoms. The number of hydrogen-bond donors (Lipinski definition) is 1. The van der Waals surface area contributed by atoms with Gasteiger partial charge in [-0.1, -0.05) is 26.7 Å². The Bertz CT molecular complexity index is 164. The number of rotatable bonds is 9. The van der Waals surface area contributed by atoms with Crippen molar-refractivity contribution in [3.05, 3.63) is 0 Å². The molecule has 0 aliphatic heterocycles. The monoisotopic (exact) mass is 226 g/mol. The molecule has 1 aliphatic carbocycles. The third-order valence-corrected chi connectivity index (χ3v) is 3.62. The van der Waals surface area contributed by atoms with E-state index in [9.17, 15) is 0 Å². The van der Waals surface area contributed by atoms with Gasteiger partial charge in [0.2, 0.25) is 0 Å². The average Bonchev–Trinajstić information content (AvgIpc) is 2.13. The molecule has 0 aromatic rings. The molecular formula is C14H30N2.